The van der Waals surface area contributed by atoms with Gasteiger partial charge in [0.2, 0.25) is 0 Å². The molecule has 0 fully saturated rings. The lowest BCUT2D eigenvalue weighted by molar-refractivity contribution is -0.384. The molecule has 0 saturated carbocycles. The lowest BCUT2D eigenvalue weighted by Gasteiger charge is -2.16. The van der Waals surface area contributed by atoms with E-state index < -0.39 is 17.1 Å². The van der Waals surface area contributed by atoms with Gasteiger partial charge in [-0.1, -0.05) is 12.1 Å². The summed E-state index contributed by atoms with van der Waals surface area (Å²) in [5.41, 5.74) is 4.80. The molecule has 1 atom stereocenters. The van der Waals surface area contributed by atoms with E-state index in [2.05, 4.69) is 0 Å². The van der Waals surface area contributed by atoms with Crippen LogP contribution in [0.5, 0.6) is 0 Å². The van der Waals surface area contributed by atoms with Crippen molar-refractivity contribution in [1.82, 2.24) is 0 Å². The Bertz CT molecular complexity index is 640. The molecule has 0 radical (unpaired) electrons. The van der Waals surface area contributed by atoms with Gasteiger partial charge >= 0.3 is 6.18 Å². The summed E-state index contributed by atoms with van der Waals surface area (Å²) in [5, 5.41) is 11.6. The summed E-state index contributed by atoms with van der Waals surface area (Å²) in [6, 6.07) is 5.85. The van der Waals surface area contributed by atoms with Crippen LogP contribution in [0.1, 0.15) is 11.6 Å². The van der Waals surface area contributed by atoms with Crippen LogP contribution >= 0.6 is 0 Å². The molecule has 19 heavy (non-hydrogen) atoms. The summed E-state index contributed by atoms with van der Waals surface area (Å²) in [5.74, 6) is 0. The van der Waals surface area contributed by atoms with Crippen LogP contribution in [0.3, 0.4) is 0 Å². The Morgan fingerprint density at radius 2 is 1.74 bits per heavy atom. The van der Waals surface area contributed by atoms with Gasteiger partial charge in [0.1, 0.15) is 6.04 Å². The zero-order valence-electron chi connectivity index (χ0n) is 9.52. The SMILES string of the molecule is N[C@@H](c1ccc2ccc([N+](=O)[O-])cc2c1)C(F)(F)F. The molecule has 100 valence electrons. The van der Waals surface area contributed by atoms with Crippen molar-refractivity contribution in [2.45, 2.75) is 12.2 Å². The molecule has 0 spiro atoms. The second-order valence-electron chi connectivity index (χ2n) is 4.07. The number of nitro benzene ring substituents is 1. The highest BCUT2D eigenvalue weighted by molar-refractivity contribution is 5.85. The third-order valence-electron chi connectivity index (χ3n) is 2.77. The first-order chi connectivity index (χ1) is 8.79. The first-order valence-corrected chi connectivity index (χ1v) is 5.29. The van der Waals surface area contributed by atoms with E-state index in [1.165, 1.54) is 36.4 Å². The molecule has 2 aromatic rings. The smallest absolute Gasteiger partial charge is 0.316 e. The van der Waals surface area contributed by atoms with E-state index in [0.717, 1.165) is 0 Å². The van der Waals surface area contributed by atoms with Gasteiger partial charge < -0.3 is 5.73 Å². The summed E-state index contributed by atoms with van der Waals surface area (Å²) >= 11 is 0. The van der Waals surface area contributed by atoms with Crippen molar-refractivity contribution in [2.75, 3.05) is 0 Å². The first-order valence-electron chi connectivity index (χ1n) is 5.29. The van der Waals surface area contributed by atoms with Crippen LogP contribution < -0.4 is 5.73 Å². The van der Waals surface area contributed by atoms with Crippen molar-refractivity contribution >= 4 is 16.5 Å². The Labute approximate surface area is 105 Å². The summed E-state index contributed by atoms with van der Waals surface area (Å²) < 4.78 is 37.5. The average Bonchev–Trinajstić information content (AvgIpc) is 2.35. The molecule has 7 heteroatoms. The second kappa shape index (κ2) is 4.51. The zero-order valence-corrected chi connectivity index (χ0v) is 9.52. The molecule has 0 aliphatic heterocycles. The standard InChI is InChI=1S/C12H9F3N2O2/c13-12(14,15)11(16)8-2-1-7-3-4-10(17(18)19)6-9(7)5-8/h1-6,11H,16H2/t11-/m0/s1. The van der Waals surface area contributed by atoms with E-state index in [1.807, 2.05) is 0 Å². The predicted octanol–water partition coefficient (Wildman–Crippen LogP) is 3.31. The number of alkyl halides is 3. The van der Waals surface area contributed by atoms with Gasteiger partial charge in [0.05, 0.1) is 4.92 Å². The number of hydrogen-bond acceptors (Lipinski definition) is 3. The Kier molecular flexibility index (Phi) is 3.15. The number of non-ortho nitro benzene ring substituents is 1. The van der Waals surface area contributed by atoms with Crippen LogP contribution in [0.2, 0.25) is 0 Å². The van der Waals surface area contributed by atoms with E-state index in [1.54, 1.807) is 0 Å². The third-order valence-corrected chi connectivity index (χ3v) is 2.77. The van der Waals surface area contributed by atoms with Crippen molar-refractivity contribution in [1.29, 1.82) is 0 Å². The van der Waals surface area contributed by atoms with Crippen molar-refractivity contribution in [2.24, 2.45) is 5.73 Å². The zero-order chi connectivity index (χ0) is 14.2. The number of halogens is 3. The number of hydrogen-bond donors (Lipinski definition) is 1. The first kappa shape index (κ1) is 13.3. The Balaban J connectivity index is 2.52. The molecule has 0 bridgehead atoms. The summed E-state index contributed by atoms with van der Waals surface area (Å²) in [6.45, 7) is 0. The van der Waals surface area contributed by atoms with Crippen LogP contribution in [0.15, 0.2) is 36.4 Å². The van der Waals surface area contributed by atoms with Crippen molar-refractivity contribution in [3.8, 4) is 0 Å². The van der Waals surface area contributed by atoms with E-state index in [9.17, 15) is 23.3 Å². The van der Waals surface area contributed by atoms with Gasteiger partial charge in [-0.2, -0.15) is 13.2 Å². The normalized spacial score (nSPS) is 13.5. The molecule has 0 aliphatic carbocycles. The molecule has 0 amide bonds. The highest BCUT2D eigenvalue weighted by Gasteiger charge is 2.37. The van der Waals surface area contributed by atoms with Gasteiger partial charge in [-0.3, -0.25) is 10.1 Å². The van der Waals surface area contributed by atoms with Crippen molar-refractivity contribution in [3.05, 3.63) is 52.1 Å². The van der Waals surface area contributed by atoms with Crippen molar-refractivity contribution < 1.29 is 18.1 Å². The van der Waals surface area contributed by atoms with Crippen LogP contribution in [-0.2, 0) is 0 Å². The Hall–Kier alpha value is -2.15. The molecule has 2 N–H and O–H groups in total. The minimum absolute atomic E-state index is 0.125. The topological polar surface area (TPSA) is 69.2 Å². The van der Waals surface area contributed by atoms with E-state index in [4.69, 9.17) is 5.73 Å². The largest absolute Gasteiger partial charge is 0.407 e. The fraction of sp³-hybridized carbons (Fsp3) is 0.167. The summed E-state index contributed by atoms with van der Waals surface area (Å²) in [7, 11) is 0. The number of rotatable bonds is 2. The fourth-order valence-corrected chi connectivity index (χ4v) is 1.75. The third kappa shape index (κ3) is 2.65. The number of benzene rings is 2. The van der Waals surface area contributed by atoms with E-state index in [-0.39, 0.29) is 11.3 Å². The Morgan fingerprint density at radius 1 is 1.11 bits per heavy atom. The molecule has 0 saturated heterocycles. The minimum Gasteiger partial charge on any atom is -0.316 e. The molecule has 0 unspecified atom stereocenters. The maximum atomic E-state index is 12.5. The lowest BCUT2D eigenvalue weighted by Crippen LogP contribution is -2.28. The molecule has 4 nitrogen and oxygen atoms in total. The maximum absolute atomic E-state index is 12.5. The molecule has 0 aromatic heterocycles. The highest BCUT2D eigenvalue weighted by atomic mass is 19.4. The van der Waals surface area contributed by atoms with E-state index in [0.29, 0.717) is 10.8 Å². The highest BCUT2D eigenvalue weighted by Crippen LogP contribution is 2.32. The van der Waals surface area contributed by atoms with Crippen LogP contribution in [0.4, 0.5) is 18.9 Å². The summed E-state index contributed by atoms with van der Waals surface area (Å²) in [6.07, 6.45) is -4.55. The van der Waals surface area contributed by atoms with Gasteiger partial charge in [-0.15, -0.1) is 0 Å². The maximum Gasteiger partial charge on any atom is 0.407 e. The van der Waals surface area contributed by atoms with Crippen LogP contribution in [0.25, 0.3) is 10.8 Å². The quantitative estimate of drug-likeness (QED) is 0.672. The van der Waals surface area contributed by atoms with Gasteiger partial charge in [-0.25, -0.2) is 0 Å². The molecule has 0 heterocycles. The second-order valence-corrected chi connectivity index (χ2v) is 4.07. The van der Waals surface area contributed by atoms with Gasteiger partial charge in [0.25, 0.3) is 5.69 Å². The number of nitro groups is 1. The van der Waals surface area contributed by atoms with Crippen molar-refractivity contribution in [3.63, 3.8) is 0 Å². The lowest BCUT2D eigenvalue weighted by atomic mass is 10.0. The average molecular weight is 270 g/mol. The Morgan fingerprint density at radius 3 is 2.32 bits per heavy atom. The minimum atomic E-state index is -4.55. The number of fused-ring (bicyclic) bond motifs is 1. The van der Waals surface area contributed by atoms with Crippen LogP contribution in [0, 0.1) is 10.1 Å². The predicted molar refractivity (Wildman–Crippen MR) is 63.6 cm³/mol. The van der Waals surface area contributed by atoms with Gasteiger partial charge in [0, 0.05) is 12.1 Å². The monoisotopic (exact) mass is 270 g/mol. The molecule has 0 aliphatic rings. The number of nitrogens with zero attached hydrogens (tertiary/aromatic N) is 1. The van der Waals surface area contributed by atoms with E-state index >= 15 is 0 Å². The summed E-state index contributed by atoms with van der Waals surface area (Å²) in [4.78, 5) is 10.0. The molecular formula is C12H9F3N2O2. The number of nitrogens with two attached hydrogens (primary N) is 1. The van der Waals surface area contributed by atoms with Gasteiger partial charge in [0.15, 0.2) is 0 Å². The van der Waals surface area contributed by atoms with Crippen LogP contribution in [-0.4, -0.2) is 11.1 Å². The fourth-order valence-electron chi connectivity index (χ4n) is 1.75. The molecular weight excluding hydrogens is 261 g/mol. The molecule has 2 rings (SSSR count). The molecule has 2 aromatic carbocycles. The van der Waals surface area contributed by atoms with Gasteiger partial charge in [-0.05, 0) is 28.5 Å².